The van der Waals surface area contributed by atoms with Gasteiger partial charge < -0.3 is 5.11 Å². The van der Waals surface area contributed by atoms with E-state index in [2.05, 4.69) is 10.2 Å². The standard InChI is InChI=1S/C6H10N2OS2/c1-6(2,9)3-10-5-8-7-4-11-5/h4,9H,3H2,1-2H3. The molecule has 0 aromatic carbocycles. The summed E-state index contributed by atoms with van der Waals surface area (Å²) in [6.45, 7) is 3.56. The minimum atomic E-state index is -0.629. The van der Waals surface area contributed by atoms with E-state index in [9.17, 15) is 5.11 Å². The van der Waals surface area contributed by atoms with Gasteiger partial charge in [0.15, 0.2) is 4.34 Å². The minimum Gasteiger partial charge on any atom is -0.390 e. The summed E-state index contributed by atoms with van der Waals surface area (Å²) in [7, 11) is 0. The first-order valence-electron chi connectivity index (χ1n) is 3.19. The third-order valence-corrected chi connectivity index (χ3v) is 3.19. The molecule has 0 unspecified atom stereocenters. The lowest BCUT2D eigenvalue weighted by atomic mass is 10.2. The first kappa shape index (κ1) is 8.96. The van der Waals surface area contributed by atoms with Gasteiger partial charge in [-0.3, -0.25) is 0 Å². The van der Waals surface area contributed by atoms with Crippen LogP contribution in [0.3, 0.4) is 0 Å². The van der Waals surface area contributed by atoms with Crippen LogP contribution in [0.2, 0.25) is 0 Å². The summed E-state index contributed by atoms with van der Waals surface area (Å²) < 4.78 is 0.909. The molecule has 1 heterocycles. The summed E-state index contributed by atoms with van der Waals surface area (Å²) in [5.74, 6) is 0.655. The Bertz CT molecular complexity index is 205. The molecule has 0 spiro atoms. The Labute approximate surface area is 73.9 Å². The third-order valence-electron chi connectivity index (χ3n) is 0.889. The van der Waals surface area contributed by atoms with Crippen molar-refractivity contribution in [2.75, 3.05) is 5.75 Å². The molecule has 62 valence electrons. The normalized spacial score (nSPS) is 11.9. The van der Waals surface area contributed by atoms with Crippen molar-refractivity contribution in [1.82, 2.24) is 10.2 Å². The van der Waals surface area contributed by atoms with Crippen molar-refractivity contribution >= 4 is 23.1 Å². The largest absolute Gasteiger partial charge is 0.390 e. The Balaban J connectivity index is 2.35. The average Bonchev–Trinajstić information content (AvgIpc) is 2.32. The number of hydrogen-bond acceptors (Lipinski definition) is 5. The van der Waals surface area contributed by atoms with Crippen LogP contribution in [-0.2, 0) is 0 Å². The second-order valence-electron chi connectivity index (χ2n) is 2.81. The van der Waals surface area contributed by atoms with Crippen molar-refractivity contribution in [2.24, 2.45) is 0 Å². The van der Waals surface area contributed by atoms with Crippen LogP contribution in [-0.4, -0.2) is 26.7 Å². The lowest BCUT2D eigenvalue weighted by Crippen LogP contribution is -2.21. The Kier molecular flexibility index (Phi) is 2.86. The van der Waals surface area contributed by atoms with Gasteiger partial charge in [0.05, 0.1) is 5.60 Å². The molecule has 0 saturated carbocycles. The molecule has 3 nitrogen and oxygen atoms in total. The highest BCUT2D eigenvalue weighted by molar-refractivity contribution is 8.01. The highest BCUT2D eigenvalue weighted by atomic mass is 32.2. The number of aromatic nitrogens is 2. The summed E-state index contributed by atoms with van der Waals surface area (Å²) in [6, 6.07) is 0. The molecule has 0 atom stereocenters. The first-order valence-corrected chi connectivity index (χ1v) is 5.06. The molecule has 0 aliphatic rings. The van der Waals surface area contributed by atoms with Crippen LogP contribution in [0.15, 0.2) is 9.85 Å². The van der Waals surface area contributed by atoms with E-state index in [4.69, 9.17) is 0 Å². The van der Waals surface area contributed by atoms with E-state index in [1.165, 1.54) is 23.1 Å². The number of hydrogen-bond donors (Lipinski definition) is 1. The first-order chi connectivity index (χ1) is 5.08. The fraction of sp³-hybridized carbons (Fsp3) is 0.667. The average molecular weight is 190 g/mol. The van der Waals surface area contributed by atoms with Crippen LogP contribution in [0, 0.1) is 0 Å². The van der Waals surface area contributed by atoms with Gasteiger partial charge in [0.1, 0.15) is 5.51 Å². The Hall–Kier alpha value is -0.130. The van der Waals surface area contributed by atoms with Gasteiger partial charge in [0.25, 0.3) is 0 Å². The lowest BCUT2D eigenvalue weighted by molar-refractivity contribution is 0.107. The van der Waals surface area contributed by atoms with Crippen molar-refractivity contribution in [3.05, 3.63) is 5.51 Å². The SMILES string of the molecule is CC(C)(O)CSc1nncs1. The molecule has 1 N–H and O–H groups in total. The van der Waals surface area contributed by atoms with Crippen molar-refractivity contribution in [1.29, 1.82) is 0 Å². The highest BCUT2D eigenvalue weighted by Crippen LogP contribution is 2.22. The third kappa shape index (κ3) is 3.69. The monoisotopic (exact) mass is 190 g/mol. The van der Waals surface area contributed by atoms with E-state index < -0.39 is 5.60 Å². The van der Waals surface area contributed by atoms with Crippen molar-refractivity contribution in [3.8, 4) is 0 Å². The molecule has 1 aromatic heterocycles. The lowest BCUT2D eigenvalue weighted by Gasteiger charge is -2.14. The number of aliphatic hydroxyl groups is 1. The molecule has 0 saturated heterocycles. The van der Waals surface area contributed by atoms with Gasteiger partial charge in [0.2, 0.25) is 0 Å². The highest BCUT2D eigenvalue weighted by Gasteiger charge is 2.13. The van der Waals surface area contributed by atoms with E-state index in [0.717, 1.165) is 4.34 Å². The van der Waals surface area contributed by atoms with E-state index in [0.29, 0.717) is 5.75 Å². The quantitative estimate of drug-likeness (QED) is 0.732. The van der Waals surface area contributed by atoms with Gasteiger partial charge in [-0.05, 0) is 13.8 Å². The van der Waals surface area contributed by atoms with E-state index in [1.54, 1.807) is 19.4 Å². The summed E-state index contributed by atoms with van der Waals surface area (Å²) in [6.07, 6.45) is 0. The smallest absolute Gasteiger partial charge is 0.174 e. The Morgan fingerprint density at radius 1 is 1.73 bits per heavy atom. The zero-order chi connectivity index (χ0) is 8.32. The van der Waals surface area contributed by atoms with E-state index >= 15 is 0 Å². The molecule has 5 heteroatoms. The summed E-state index contributed by atoms with van der Waals surface area (Å²) in [4.78, 5) is 0. The molecular formula is C6H10N2OS2. The molecule has 0 aliphatic carbocycles. The fourth-order valence-electron chi connectivity index (χ4n) is 0.464. The second kappa shape index (κ2) is 3.51. The number of rotatable bonds is 3. The summed E-state index contributed by atoms with van der Waals surface area (Å²) >= 11 is 3.02. The van der Waals surface area contributed by atoms with Crippen molar-refractivity contribution in [2.45, 2.75) is 23.8 Å². The molecule has 0 bridgehead atoms. The van der Waals surface area contributed by atoms with Crippen LogP contribution in [0.5, 0.6) is 0 Å². The molecule has 0 fully saturated rings. The maximum absolute atomic E-state index is 9.35. The van der Waals surface area contributed by atoms with Gasteiger partial charge in [-0.15, -0.1) is 10.2 Å². The minimum absolute atomic E-state index is 0.629. The molecular weight excluding hydrogens is 180 g/mol. The molecule has 1 rings (SSSR count). The van der Waals surface area contributed by atoms with E-state index in [1.807, 2.05) is 0 Å². The van der Waals surface area contributed by atoms with E-state index in [-0.39, 0.29) is 0 Å². The molecule has 11 heavy (non-hydrogen) atoms. The van der Waals surface area contributed by atoms with Crippen LogP contribution in [0.25, 0.3) is 0 Å². The molecule has 1 aromatic rings. The van der Waals surface area contributed by atoms with Crippen LogP contribution < -0.4 is 0 Å². The van der Waals surface area contributed by atoms with Crippen LogP contribution >= 0.6 is 23.1 Å². The summed E-state index contributed by atoms with van der Waals surface area (Å²) in [5.41, 5.74) is 1.06. The fourth-order valence-corrected chi connectivity index (χ4v) is 1.90. The van der Waals surface area contributed by atoms with Gasteiger partial charge in [0, 0.05) is 5.75 Å². The van der Waals surface area contributed by atoms with Gasteiger partial charge >= 0.3 is 0 Å². The van der Waals surface area contributed by atoms with Crippen LogP contribution in [0.4, 0.5) is 0 Å². The Morgan fingerprint density at radius 3 is 2.91 bits per heavy atom. The number of nitrogens with zero attached hydrogens (tertiary/aromatic N) is 2. The molecule has 0 aliphatic heterocycles. The van der Waals surface area contributed by atoms with Crippen molar-refractivity contribution in [3.63, 3.8) is 0 Å². The zero-order valence-electron chi connectivity index (χ0n) is 6.44. The number of thioether (sulfide) groups is 1. The van der Waals surface area contributed by atoms with Gasteiger partial charge in [-0.2, -0.15) is 0 Å². The van der Waals surface area contributed by atoms with Crippen LogP contribution in [0.1, 0.15) is 13.8 Å². The summed E-state index contributed by atoms with van der Waals surface area (Å²) in [5, 5.41) is 16.9. The van der Waals surface area contributed by atoms with Gasteiger partial charge in [-0.25, -0.2) is 0 Å². The zero-order valence-corrected chi connectivity index (χ0v) is 8.08. The Morgan fingerprint density at radius 2 is 2.45 bits per heavy atom. The maximum Gasteiger partial charge on any atom is 0.174 e. The maximum atomic E-state index is 9.35. The van der Waals surface area contributed by atoms with Crippen molar-refractivity contribution < 1.29 is 5.11 Å². The molecule has 0 radical (unpaired) electrons. The predicted molar refractivity (Wildman–Crippen MR) is 46.9 cm³/mol. The van der Waals surface area contributed by atoms with Gasteiger partial charge in [-0.1, -0.05) is 23.1 Å². The molecule has 0 amide bonds. The topological polar surface area (TPSA) is 46.0 Å². The predicted octanol–water partition coefficient (Wildman–Crippen LogP) is 1.40. The second-order valence-corrected chi connectivity index (χ2v) is 4.86.